The smallest absolute Gasteiger partial charge is 0.233 e. The van der Waals surface area contributed by atoms with Gasteiger partial charge < -0.3 is 21.5 Å². The molecule has 0 saturated heterocycles. The van der Waals surface area contributed by atoms with Gasteiger partial charge in [0, 0.05) is 11.8 Å². The van der Waals surface area contributed by atoms with Crippen molar-refractivity contribution in [2.75, 3.05) is 23.9 Å². The summed E-state index contributed by atoms with van der Waals surface area (Å²) in [6.07, 6.45) is 0. The second-order valence-electron chi connectivity index (χ2n) is 3.35. The Morgan fingerprint density at radius 3 is 2.44 bits per heavy atom. The first-order chi connectivity index (χ1) is 8.58. The summed E-state index contributed by atoms with van der Waals surface area (Å²) in [6, 6.07) is 4.23. The summed E-state index contributed by atoms with van der Waals surface area (Å²) < 4.78 is 18.1. The zero-order chi connectivity index (χ0) is 13.1. The molecule has 8 heteroatoms. The number of methoxy groups -OCH3 is 1. The molecule has 7 nitrogen and oxygen atoms in total. The van der Waals surface area contributed by atoms with Gasteiger partial charge in [-0.3, -0.25) is 0 Å². The fourth-order valence-corrected chi connectivity index (χ4v) is 1.33. The first-order valence-corrected chi connectivity index (χ1v) is 4.96. The SMILES string of the molecule is COc1cc(Nc2nc(N)nc(N)n2)ccc1F. The van der Waals surface area contributed by atoms with Crippen LogP contribution < -0.4 is 21.5 Å². The Morgan fingerprint density at radius 2 is 1.83 bits per heavy atom. The molecule has 1 heterocycles. The number of nitrogens with two attached hydrogens (primary N) is 2. The second kappa shape index (κ2) is 4.70. The highest BCUT2D eigenvalue weighted by Crippen LogP contribution is 2.23. The van der Waals surface area contributed by atoms with E-state index in [-0.39, 0.29) is 23.6 Å². The van der Waals surface area contributed by atoms with E-state index in [9.17, 15) is 4.39 Å². The van der Waals surface area contributed by atoms with Crippen LogP contribution in [0.15, 0.2) is 18.2 Å². The van der Waals surface area contributed by atoms with Gasteiger partial charge in [-0.15, -0.1) is 0 Å². The molecule has 1 aromatic heterocycles. The minimum Gasteiger partial charge on any atom is -0.494 e. The van der Waals surface area contributed by atoms with Gasteiger partial charge in [-0.05, 0) is 12.1 Å². The van der Waals surface area contributed by atoms with E-state index in [1.165, 1.54) is 25.3 Å². The molecular weight excluding hydrogens is 239 g/mol. The van der Waals surface area contributed by atoms with Crippen molar-refractivity contribution < 1.29 is 9.13 Å². The van der Waals surface area contributed by atoms with E-state index in [1.54, 1.807) is 0 Å². The molecule has 0 amide bonds. The number of nitrogen functional groups attached to an aromatic ring is 2. The first kappa shape index (κ1) is 11.8. The zero-order valence-electron chi connectivity index (χ0n) is 9.51. The number of nitrogens with one attached hydrogen (secondary N) is 1. The summed E-state index contributed by atoms with van der Waals surface area (Å²) in [5.41, 5.74) is 11.4. The fraction of sp³-hybridized carbons (Fsp3) is 0.100. The van der Waals surface area contributed by atoms with Crippen molar-refractivity contribution in [1.82, 2.24) is 15.0 Å². The lowest BCUT2D eigenvalue weighted by Gasteiger charge is -2.07. The second-order valence-corrected chi connectivity index (χ2v) is 3.35. The van der Waals surface area contributed by atoms with Gasteiger partial charge in [0.1, 0.15) is 0 Å². The highest BCUT2D eigenvalue weighted by molar-refractivity contribution is 5.57. The monoisotopic (exact) mass is 250 g/mol. The Morgan fingerprint density at radius 1 is 1.17 bits per heavy atom. The van der Waals surface area contributed by atoms with Crippen molar-refractivity contribution in [2.45, 2.75) is 0 Å². The number of nitrogens with zero attached hydrogens (tertiary/aromatic N) is 3. The van der Waals surface area contributed by atoms with Crippen LogP contribution in [0, 0.1) is 5.82 Å². The molecule has 0 bridgehead atoms. The Labute approximate surface area is 102 Å². The van der Waals surface area contributed by atoms with Crippen LogP contribution in [0.25, 0.3) is 0 Å². The molecule has 0 unspecified atom stereocenters. The normalized spacial score (nSPS) is 10.1. The largest absolute Gasteiger partial charge is 0.494 e. The van der Waals surface area contributed by atoms with E-state index < -0.39 is 5.82 Å². The maximum atomic E-state index is 13.2. The van der Waals surface area contributed by atoms with Crippen LogP contribution in [-0.2, 0) is 0 Å². The third kappa shape index (κ3) is 2.54. The van der Waals surface area contributed by atoms with E-state index in [4.69, 9.17) is 16.2 Å². The Balaban J connectivity index is 2.28. The van der Waals surface area contributed by atoms with Crippen molar-refractivity contribution >= 4 is 23.5 Å². The van der Waals surface area contributed by atoms with Gasteiger partial charge in [0.15, 0.2) is 11.6 Å². The number of anilines is 4. The topological polar surface area (TPSA) is 112 Å². The fourth-order valence-electron chi connectivity index (χ4n) is 1.33. The van der Waals surface area contributed by atoms with Crippen LogP contribution in [0.4, 0.5) is 27.9 Å². The van der Waals surface area contributed by atoms with Gasteiger partial charge in [0.2, 0.25) is 17.8 Å². The molecule has 0 fully saturated rings. The van der Waals surface area contributed by atoms with Crippen LogP contribution in [0.3, 0.4) is 0 Å². The average molecular weight is 250 g/mol. The summed E-state index contributed by atoms with van der Waals surface area (Å²) in [4.78, 5) is 11.3. The van der Waals surface area contributed by atoms with E-state index >= 15 is 0 Å². The van der Waals surface area contributed by atoms with Crippen molar-refractivity contribution in [1.29, 1.82) is 0 Å². The molecule has 0 saturated carbocycles. The molecule has 0 aliphatic rings. The van der Waals surface area contributed by atoms with Crippen LogP contribution in [0.2, 0.25) is 0 Å². The summed E-state index contributed by atoms with van der Waals surface area (Å²) in [7, 11) is 1.38. The van der Waals surface area contributed by atoms with E-state index in [0.717, 1.165) is 0 Å². The number of ether oxygens (including phenoxy) is 1. The van der Waals surface area contributed by atoms with Gasteiger partial charge in [-0.2, -0.15) is 15.0 Å². The molecule has 2 aromatic rings. The van der Waals surface area contributed by atoms with Gasteiger partial charge in [-0.25, -0.2) is 4.39 Å². The highest BCUT2D eigenvalue weighted by Gasteiger charge is 2.06. The van der Waals surface area contributed by atoms with Crippen LogP contribution in [-0.4, -0.2) is 22.1 Å². The first-order valence-electron chi connectivity index (χ1n) is 4.96. The molecule has 2 rings (SSSR count). The standard InChI is InChI=1S/C10H11FN6O/c1-18-7-4-5(2-3-6(7)11)14-10-16-8(12)15-9(13)17-10/h2-4H,1H3,(H5,12,13,14,15,16,17). The molecule has 0 aliphatic heterocycles. The predicted octanol–water partition coefficient (Wildman–Crippen LogP) is 0.927. The number of rotatable bonds is 3. The Kier molecular flexibility index (Phi) is 3.09. The van der Waals surface area contributed by atoms with Gasteiger partial charge >= 0.3 is 0 Å². The molecule has 0 aliphatic carbocycles. The third-order valence-corrected chi connectivity index (χ3v) is 2.08. The number of aromatic nitrogens is 3. The molecule has 94 valence electrons. The lowest BCUT2D eigenvalue weighted by atomic mass is 10.3. The van der Waals surface area contributed by atoms with E-state index in [2.05, 4.69) is 20.3 Å². The van der Waals surface area contributed by atoms with Crippen LogP contribution >= 0.6 is 0 Å². The molecule has 18 heavy (non-hydrogen) atoms. The van der Waals surface area contributed by atoms with Gasteiger partial charge in [0.05, 0.1) is 7.11 Å². The lowest BCUT2D eigenvalue weighted by Crippen LogP contribution is -2.06. The number of benzene rings is 1. The average Bonchev–Trinajstić information content (AvgIpc) is 2.30. The maximum Gasteiger partial charge on any atom is 0.233 e. The molecule has 0 radical (unpaired) electrons. The van der Waals surface area contributed by atoms with Crippen molar-refractivity contribution in [3.8, 4) is 5.75 Å². The number of halogens is 1. The quantitative estimate of drug-likeness (QED) is 0.742. The molecule has 1 aromatic carbocycles. The predicted molar refractivity (Wildman–Crippen MR) is 64.9 cm³/mol. The summed E-state index contributed by atoms with van der Waals surface area (Å²) in [5, 5.41) is 2.82. The number of hydrogen-bond acceptors (Lipinski definition) is 7. The van der Waals surface area contributed by atoms with Crippen molar-refractivity contribution in [2.24, 2.45) is 0 Å². The highest BCUT2D eigenvalue weighted by atomic mass is 19.1. The van der Waals surface area contributed by atoms with Crippen molar-refractivity contribution in [3.63, 3.8) is 0 Å². The summed E-state index contributed by atoms with van der Waals surface area (Å²) in [6.45, 7) is 0. The summed E-state index contributed by atoms with van der Waals surface area (Å²) in [5.74, 6) is -0.181. The van der Waals surface area contributed by atoms with E-state index in [0.29, 0.717) is 5.69 Å². The zero-order valence-corrected chi connectivity index (χ0v) is 9.51. The Bertz CT molecular complexity index is 556. The molecular formula is C10H11FN6O. The molecule has 0 atom stereocenters. The molecule has 0 spiro atoms. The van der Waals surface area contributed by atoms with E-state index in [1.807, 2.05) is 0 Å². The summed E-state index contributed by atoms with van der Waals surface area (Å²) >= 11 is 0. The van der Waals surface area contributed by atoms with Gasteiger partial charge in [-0.1, -0.05) is 0 Å². The lowest BCUT2D eigenvalue weighted by molar-refractivity contribution is 0.387. The van der Waals surface area contributed by atoms with Gasteiger partial charge in [0.25, 0.3) is 0 Å². The third-order valence-electron chi connectivity index (χ3n) is 2.08. The minimum absolute atomic E-state index is 0.000855. The van der Waals surface area contributed by atoms with Crippen molar-refractivity contribution in [3.05, 3.63) is 24.0 Å². The number of hydrogen-bond donors (Lipinski definition) is 3. The maximum absolute atomic E-state index is 13.2. The van der Waals surface area contributed by atoms with Crippen LogP contribution in [0.5, 0.6) is 5.75 Å². The Hall–Kier alpha value is -2.64. The molecule has 5 N–H and O–H groups in total. The van der Waals surface area contributed by atoms with Crippen LogP contribution in [0.1, 0.15) is 0 Å². The minimum atomic E-state index is -0.460.